The fraction of sp³-hybridized carbons (Fsp3) is 0.143. The highest BCUT2D eigenvalue weighted by molar-refractivity contribution is 5.97. The quantitative estimate of drug-likeness (QED) is 0.416. The fourth-order valence-electron chi connectivity index (χ4n) is 3.51. The van der Waals surface area contributed by atoms with Gasteiger partial charge in [-0.15, -0.1) is 0 Å². The molecule has 1 amide bonds. The largest absolute Gasteiger partial charge is 0.497 e. The van der Waals surface area contributed by atoms with Crippen molar-refractivity contribution in [3.63, 3.8) is 0 Å². The van der Waals surface area contributed by atoms with E-state index in [9.17, 15) is 4.79 Å². The van der Waals surface area contributed by atoms with E-state index in [1.54, 1.807) is 13.3 Å². The molecular weight excluding hydrogens is 396 g/mol. The molecule has 0 aliphatic carbocycles. The third-order valence-corrected chi connectivity index (χ3v) is 5.43. The summed E-state index contributed by atoms with van der Waals surface area (Å²) in [6.07, 6.45) is 1.79. The number of benzene rings is 3. The highest BCUT2D eigenvalue weighted by Crippen LogP contribution is 2.30. The number of hydrogen-bond donors (Lipinski definition) is 1. The van der Waals surface area contributed by atoms with Gasteiger partial charge in [-0.05, 0) is 78.1 Å². The van der Waals surface area contributed by atoms with E-state index in [2.05, 4.69) is 47.6 Å². The number of carbonyl (C=O) groups is 1. The van der Waals surface area contributed by atoms with Crippen LogP contribution >= 0.6 is 0 Å². The monoisotopic (exact) mass is 422 g/mol. The van der Waals surface area contributed by atoms with Crippen LogP contribution < -0.4 is 10.1 Å². The van der Waals surface area contributed by atoms with E-state index in [4.69, 9.17) is 4.74 Å². The van der Waals surface area contributed by atoms with Gasteiger partial charge in [-0.25, -0.2) is 0 Å². The summed E-state index contributed by atoms with van der Waals surface area (Å²) in [5.41, 5.74) is 7.82. The Labute approximate surface area is 188 Å². The zero-order chi connectivity index (χ0) is 22.5. The van der Waals surface area contributed by atoms with E-state index in [1.165, 1.54) is 5.56 Å². The van der Waals surface area contributed by atoms with Crippen LogP contribution in [0.4, 0.5) is 0 Å². The minimum Gasteiger partial charge on any atom is -0.497 e. The summed E-state index contributed by atoms with van der Waals surface area (Å²) in [7, 11) is 1.65. The van der Waals surface area contributed by atoms with Gasteiger partial charge in [0.1, 0.15) is 5.75 Å². The topological polar surface area (TPSA) is 51.2 Å². The summed E-state index contributed by atoms with van der Waals surface area (Å²) < 4.78 is 5.28. The van der Waals surface area contributed by atoms with E-state index >= 15 is 0 Å². The molecule has 0 unspecified atom stereocenters. The van der Waals surface area contributed by atoms with Crippen molar-refractivity contribution in [1.29, 1.82) is 0 Å². The first kappa shape index (κ1) is 21.3. The number of ether oxygens (including phenoxy) is 1. The Bertz CT molecular complexity index is 1210. The number of pyridine rings is 1. The minimum atomic E-state index is -0.116. The Hall–Kier alpha value is -3.92. The molecule has 0 saturated heterocycles. The molecule has 32 heavy (non-hydrogen) atoms. The fourth-order valence-corrected chi connectivity index (χ4v) is 3.51. The van der Waals surface area contributed by atoms with Gasteiger partial charge < -0.3 is 10.1 Å². The Morgan fingerprint density at radius 2 is 1.44 bits per heavy atom. The molecule has 0 aliphatic heterocycles. The molecule has 4 heteroatoms. The molecule has 4 aromatic rings. The molecule has 4 rings (SSSR count). The second kappa shape index (κ2) is 9.48. The zero-order valence-electron chi connectivity index (χ0n) is 18.6. The maximum atomic E-state index is 13.1. The lowest BCUT2D eigenvalue weighted by atomic mass is 9.95. The molecule has 1 heterocycles. The van der Waals surface area contributed by atoms with Crippen LogP contribution in [0.5, 0.6) is 5.75 Å². The Kier molecular flexibility index (Phi) is 6.31. The molecule has 160 valence electrons. The predicted octanol–water partition coefficient (Wildman–Crippen LogP) is 5.97. The maximum Gasteiger partial charge on any atom is 0.251 e. The van der Waals surface area contributed by atoms with Crippen molar-refractivity contribution in [3.05, 3.63) is 107 Å². The second-order valence-corrected chi connectivity index (χ2v) is 7.88. The summed E-state index contributed by atoms with van der Waals surface area (Å²) >= 11 is 0. The van der Waals surface area contributed by atoms with Crippen molar-refractivity contribution in [3.8, 4) is 28.0 Å². The number of hydrogen-bond acceptors (Lipinski definition) is 3. The number of rotatable bonds is 6. The normalized spacial score (nSPS) is 10.6. The number of methoxy groups -OCH3 is 1. The molecule has 3 aromatic carbocycles. The first-order chi connectivity index (χ1) is 15.5. The van der Waals surface area contributed by atoms with Crippen molar-refractivity contribution in [2.75, 3.05) is 7.11 Å². The van der Waals surface area contributed by atoms with E-state index in [0.29, 0.717) is 12.1 Å². The van der Waals surface area contributed by atoms with Crippen molar-refractivity contribution in [2.45, 2.75) is 20.4 Å². The second-order valence-electron chi connectivity index (χ2n) is 7.88. The lowest BCUT2D eigenvalue weighted by Crippen LogP contribution is -2.23. The summed E-state index contributed by atoms with van der Waals surface area (Å²) in [5, 5.41) is 3.02. The molecule has 1 aromatic heterocycles. The SMILES string of the molecule is COc1ccc(-c2cc(C(=O)NCc3ccc(C)nc3)cc(-c3ccc(C)cc3)c2)cc1. The number of nitrogens with zero attached hydrogens (tertiary/aromatic N) is 1. The predicted molar refractivity (Wildman–Crippen MR) is 129 cm³/mol. The van der Waals surface area contributed by atoms with Crippen LogP contribution in [0.15, 0.2) is 85.1 Å². The van der Waals surface area contributed by atoms with Gasteiger partial charge in [0.05, 0.1) is 7.11 Å². The molecule has 0 bridgehead atoms. The van der Waals surface area contributed by atoms with Crippen LogP contribution in [0.1, 0.15) is 27.2 Å². The molecule has 0 atom stereocenters. The first-order valence-corrected chi connectivity index (χ1v) is 10.6. The average Bonchev–Trinajstić information content (AvgIpc) is 2.83. The average molecular weight is 423 g/mol. The number of carbonyl (C=O) groups excluding carboxylic acids is 1. The van der Waals surface area contributed by atoms with Crippen molar-refractivity contribution < 1.29 is 9.53 Å². The lowest BCUT2D eigenvalue weighted by Gasteiger charge is -2.12. The Balaban J connectivity index is 1.67. The highest BCUT2D eigenvalue weighted by Gasteiger charge is 2.12. The third kappa shape index (κ3) is 5.03. The van der Waals surface area contributed by atoms with Crippen molar-refractivity contribution >= 4 is 5.91 Å². The van der Waals surface area contributed by atoms with Crippen LogP contribution in [0.3, 0.4) is 0 Å². The van der Waals surface area contributed by atoms with Crippen LogP contribution in [-0.4, -0.2) is 18.0 Å². The number of nitrogens with one attached hydrogen (secondary N) is 1. The van der Waals surface area contributed by atoms with Crippen LogP contribution in [-0.2, 0) is 6.54 Å². The van der Waals surface area contributed by atoms with Crippen molar-refractivity contribution in [2.24, 2.45) is 0 Å². The van der Waals surface area contributed by atoms with Gasteiger partial charge in [-0.2, -0.15) is 0 Å². The van der Waals surface area contributed by atoms with Gasteiger partial charge >= 0.3 is 0 Å². The highest BCUT2D eigenvalue weighted by atomic mass is 16.5. The lowest BCUT2D eigenvalue weighted by molar-refractivity contribution is 0.0951. The van der Waals surface area contributed by atoms with Crippen LogP contribution in [0.25, 0.3) is 22.3 Å². The van der Waals surface area contributed by atoms with E-state index in [-0.39, 0.29) is 5.91 Å². The number of amides is 1. The number of aromatic nitrogens is 1. The van der Waals surface area contributed by atoms with Crippen LogP contribution in [0.2, 0.25) is 0 Å². The minimum absolute atomic E-state index is 0.116. The first-order valence-electron chi connectivity index (χ1n) is 10.6. The molecule has 0 saturated carbocycles. The summed E-state index contributed by atoms with van der Waals surface area (Å²) in [6.45, 7) is 4.44. The van der Waals surface area contributed by atoms with E-state index in [0.717, 1.165) is 39.3 Å². The molecule has 0 fully saturated rings. The summed E-state index contributed by atoms with van der Waals surface area (Å²) in [6, 6.07) is 26.1. The molecule has 0 radical (unpaired) electrons. The van der Waals surface area contributed by atoms with Gasteiger partial charge in [-0.1, -0.05) is 48.0 Å². The number of aryl methyl sites for hydroxylation is 2. The van der Waals surface area contributed by atoms with Gasteiger partial charge in [0.25, 0.3) is 5.91 Å². The summed E-state index contributed by atoms with van der Waals surface area (Å²) in [5.74, 6) is 0.683. The zero-order valence-corrected chi connectivity index (χ0v) is 18.6. The molecule has 0 aliphatic rings. The van der Waals surface area contributed by atoms with Crippen LogP contribution in [0, 0.1) is 13.8 Å². The Morgan fingerprint density at radius 1 is 0.812 bits per heavy atom. The smallest absolute Gasteiger partial charge is 0.251 e. The molecule has 0 spiro atoms. The summed E-state index contributed by atoms with van der Waals surface area (Å²) in [4.78, 5) is 17.4. The van der Waals surface area contributed by atoms with Gasteiger partial charge in [0.15, 0.2) is 0 Å². The molecular formula is C28H26N2O2. The standard InChI is InChI=1S/C28H26N2O2/c1-19-4-8-22(9-5-19)24-14-25(23-10-12-27(32-3)13-11-23)16-26(15-24)28(31)30-18-21-7-6-20(2)29-17-21/h4-17H,18H2,1-3H3,(H,30,31). The third-order valence-electron chi connectivity index (χ3n) is 5.43. The van der Waals surface area contributed by atoms with Gasteiger partial charge in [-0.3, -0.25) is 9.78 Å². The maximum absolute atomic E-state index is 13.1. The molecule has 1 N–H and O–H groups in total. The van der Waals surface area contributed by atoms with E-state index in [1.807, 2.05) is 55.5 Å². The van der Waals surface area contributed by atoms with Crippen molar-refractivity contribution in [1.82, 2.24) is 10.3 Å². The van der Waals surface area contributed by atoms with E-state index < -0.39 is 0 Å². The van der Waals surface area contributed by atoms with Gasteiger partial charge in [0.2, 0.25) is 0 Å². The molecule has 4 nitrogen and oxygen atoms in total. The Morgan fingerprint density at radius 3 is 2.00 bits per heavy atom. The van der Waals surface area contributed by atoms with Gasteiger partial charge in [0, 0.05) is 24.0 Å².